The van der Waals surface area contributed by atoms with Crippen molar-refractivity contribution in [1.82, 2.24) is 0 Å². The minimum absolute atomic E-state index is 1.01. The molecule has 0 aliphatic carbocycles. The van der Waals surface area contributed by atoms with E-state index in [1.807, 2.05) is 0 Å². The van der Waals surface area contributed by atoms with Gasteiger partial charge in [-0.15, -0.1) is 0 Å². The van der Waals surface area contributed by atoms with Gasteiger partial charge < -0.3 is 10.6 Å². The highest BCUT2D eigenvalue weighted by atomic mass is 15.1. The Bertz CT molecular complexity index is 208. The van der Waals surface area contributed by atoms with Gasteiger partial charge in [-0.2, -0.15) is 0 Å². The molecule has 66 valence electrons. The van der Waals surface area contributed by atoms with Crippen LogP contribution in [-0.2, 0) is 6.54 Å². The van der Waals surface area contributed by atoms with E-state index < -0.39 is 0 Å². The minimum atomic E-state index is 1.01. The molecule has 0 amide bonds. The quantitative estimate of drug-likeness (QED) is 0.572. The van der Waals surface area contributed by atoms with Crippen molar-refractivity contribution in [2.75, 3.05) is 20.1 Å². The number of quaternary nitrogens is 2. The Morgan fingerprint density at radius 2 is 1.92 bits per heavy atom. The fourth-order valence-electron chi connectivity index (χ4n) is 1.33. The lowest BCUT2D eigenvalue weighted by atomic mass is 10.2. The molecule has 1 aromatic rings. The molecule has 0 bridgehead atoms. The molecule has 0 saturated carbocycles. The van der Waals surface area contributed by atoms with Crippen LogP contribution in [-0.4, -0.2) is 20.1 Å². The van der Waals surface area contributed by atoms with E-state index in [1.165, 1.54) is 10.5 Å². The molecule has 2 nitrogen and oxygen atoms in total. The van der Waals surface area contributed by atoms with Crippen molar-refractivity contribution >= 4 is 0 Å². The third-order valence-electron chi connectivity index (χ3n) is 1.95. The van der Waals surface area contributed by atoms with Gasteiger partial charge in [0.2, 0.25) is 0 Å². The van der Waals surface area contributed by atoms with Gasteiger partial charge in [-0.3, -0.25) is 0 Å². The lowest BCUT2D eigenvalue weighted by Gasteiger charge is -2.11. The average molecular weight is 166 g/mol. The summed E-state index contributed by atoms with van der Waals surface area (Å²) in [5.41, 5.74) is 5.25. The first-order valence-electron chi connectivity index (χ1n) is 4.47. The van der Waals surface area contributed by atoms with Gasteiger partial charge >= 0.3 is 0 Å². The molecule has 1 unspecified atom stereocenters. The van der Waals surface area contributed by atoms with E-state index in [1.54, 1.807) is 0 Å². The Morgan fingerprint density at radius 3 is 2.50 bits per heavy atom. The summed E-state index contributed by atoms with van der Waals surface area (Å²) in [6.45, 7) is 3.27. The zero-order chi connectivity index (χ0) is 8.81. The fraction of sp³-hybridized carbons (Fsp3) is 0.400. The standard InChI is InChI=1S/C10H16N2/c1-12(8-7-11)9-10-5-3-2-4-6-10/h2-6H,7-9,11H2,1H3/p+2. The molecule has 0 aromatic heterocycles. The summed E-state index contributed by atoms with van der Waals surface area (Å²) in [4.78, 5) is 1.52. The van der Waals surface area contributed by atoms with Crippen LogP contribution in [0.3, 0.4) is 0 Å². The van der Waals surface area contributed by atoms with Crippen LogP contribution in [0.1, 0.15) is 5.56 Å². The summed E-state index contributed by atoms with van der Waals surface area (Å²) in [6.07, 6.45) is 0. The Labute approximate surface area is 74.0 Å². The van der Waals surface area contributed by atoms with Crippen LogP contribution in [0.4, 0.5) is 0 Å². The lowest BCUT2D eigenvalue weighted by Crippen LogP contribution is -3.09. The maximum Gasteiger partial charge on any atom is 0.127 e. The monoisotopic (exact) mass is 166 g/mol. The van der Waals surface area contributed by atoms with Gasteiger partial charge in [0.25, 0.3) is 0 Å². The summed E-state index contributed by atoms with van der Waals surface area (Å²) < 4.78 is 0. The predicted octanol–water partition coefficient (Wildman–Crippen LogP) is -1.06. The summed E-state index contributed by atoms with van der Waals surface area (Å²) in [5, 5.41) is 0. The van der Waals surface area contributed by atoms with Crippen molar-refractivity contribution in [3.8, 4) is 0 Å². The first-order valence-corrected chi connectivity index (χ1v) is 4.47. The zero-order valence-electron chi connectivity index (χ0n) is 7.72. The SMILES string of the molecule is C[NH+](CC[NH3+])Cc1ccccc1. The molecule has 0 aliphatic heterocycles. The molecule has 4 N–H and O–H groups in total. The highest BCUT2D eigenvalue weighted by Gasteiger charge is 2.01. The number of hydrogen-bond acceptors (Lipinski definition) is 0. The molecule has 0 radical (unpaired) electrons. The molecule has 0 spiro atoms. The van der Waals surface area contributed by atoms with Crippen molar-refractivity contribution in [1.29, 1.82) is 0 Å². The molecular formula is C10H18N2+2. The van der Waals surface area contributed by atoms with E-state index in [0.717, 1.165) is 19.6 Å². The molecular weight excluding hydrogens is 148 g/mol. The van der Waals surface area contributed by atoms with Gasteiger partial charge in [0.15, 0.2) is 0 Å². The number of benzene rings is 1. The van der Waals surface area contributed by atoms with Crippen LogP contribution in [0.25, 0.3) is 0 Å². The van der Waals surface area contributed by atoms with Crippen LogP contribution in [0.5, 0.6) is 0 Å². The maximum absolute atomic E-state index is 3.85. The summed E-state index contributed by atoms with van der Waals surface area (Å²) in [5.74, 6) is 0. The van der Waals surface area contributed by atoms with Crippen molar-refractivity contribution < 1.29 is 10.6 Å². The number of hydrogen-bond donors (Lipinski definition) is 2. The summed E-state index contributed by atoms with van der Waals surface area (Å²) >= 11 is 0. The molecule has 0 heterocycles. The summed E-state index contributed by atoms with van der Waals surface area (Å²) in [6, 6.07) is 10.6. The Balaban J connectivity index is 2.41. The van der Waals surface area contributed by atoms with Gasteiger partial charge in [0.1, 0.15) is 19.6 Å². The second kappa shape index (κ2) is 4.91. The first-order chi connectivity index (χ1) is 5.83. The number of likely N-dealkylation sites (N-methyl/N-ethyl adjacent to an activating group) is 1. The molecule has 1 rings (SSSR count). The van der Waals surface area contributed by atoms with E-state index in [0.29, 0.717) is 0 Å². The highest BCUT2D eigenvalue weighted by molar-refractivity contribution is 5.13. The van der Waals surface area contributed by atoms with E-state index in [2.05, 4.69) is 43.1 Å². The van der Waals surface area contributed by atoms with Crippen LogP contribution >= 0.6 is 0 Å². The Hall–Kier alpha value is -0.860. The lowest BCUT2D eigenvalue weighted by molar-refractivity contribution is -0.898. The molecule has 0 aliphatic rings. The highest BCUT2D eigenvalue weighted by Crippen LogP contribution is 1.94. The second-order valence-corrected chi connectivity index (χ2v) is 3.22. The van der Waals surface area contributed by atoms with Crippen molar-refractivity contribution in [2.45, 2.75) is 6.54 Å². The number of nitrogens with one attached hydrogen (secondary N) is 1. The Kier molecular flexibility index (Phi) is 3.77. The van der Waals surface area contributed by atoms with Gasteiger partial charge in [-0.25, -0.2) is 0 Å². The third-order valence-corrected chi connectivity index (χ3v) is 1.95. The smallest absolute Gasteiger partial charge is 0.127 e. The van der Waals surface area contributed by atoms with Gasteiger partial charge in [0.05, 0.1) is 7.05 Å². The second-order valence-electron chi connectivity index (χ2n) is 3.22. The largest absolute Gasteiger partial charge is 0.353 e. The van der Waals surface area contributed by atoms with Crippen molar-refractivity contribution in [3.05, 3.63) is 35.9 Å². The summed E-state index contributed by atoms with van der Waals surface area (Å²) in [7, 11) is 2.21. The molecule has 1 aromatic carbocycles. The fourth-order valence-corrected chi connectivity index (χ4v) is 1.33. The third kappa shape index (κ3) is 3.03. The van der Waals surface area contributed by atoms with Crippen LogP contribution in [0.15, 0.2) is 30.3 Å². The molecule has 1 atom stereocenters. The normalized spacial score (nSPS) is 12.8. The van der Waals surface area contributed by atoms with Crippen LogP contribution in [0, 0.1) is 0 Å². The number of rotatable bonds is 4. The van der Waals surface area contributed by atoms with Crippen molar-refractivity contribution in [3.63, 3.8) is 0 Å². The molecule has 0 saturated heterocycles. The van der Waals surface area contributed by atoms with Gasteiger partial charge in [0, 0.05) is 5.56 Å². The van der Waals surface area contributed by atoms with Crippen molar-refractivity contribution in [2.24, 2.45) is 0 Å². The molecule has 2 heteroatoms. The predicted molar refractivity (Wildman–Crippen MR) is 49.7 cm³/mol. The maximum atomic E-state index is 3.85. The Morgan fingerprint density at radius 1 is 1.25 bits per heavy atom. The van der Waals surface area contributed by atoms with Crippen LogP contribution in [0.2, 0.25) is 0 Å². The first kappa shape index (κ1) is 9.23. The van der Waals surface area contributed by atoms with E-state index in [-0.39, 0.29) is 0 Å². The average Bonchev–Trinajstić information content (AvgIpc) is 2.06. The minimum Gasteiger partial charge on any atom is -0.353 e. The van der Waals surface area contributed by atoms with Gasteiger partial charge in [-0.1, -0.05) is 30.3 Å². The van der Waals surface area contributed by atoms with Gasteiger partial charge in [-0.05, 0) is 0 Å². The van der Waals surface area contributed by atoms with E-state index in [4.69, 9.17) is 0 Å². The molecule has 0 fully saturated rings. The van der Waals surface area contributed by atoms with E-state index in [9.17, 15) is 0 Å². The van der Waals surface area contributed by atoms with Crippen LogP contribution < -0.4 is 10.6 Å². The zero-order valence-corrected chi connectivity index (χ0v) is 7.72. The van der Waals surface area contributed by atoms with E-state index >= 15 is 0 Å². The topological polar surface area (TPSA) is 32.1 Å². The molecule has 12 heavy (non-hydrogen) atoms.